The van der Waals surface area contributed by atoms with Crippen molar-refractivity contribution in [1.29, 1.82) is 0 Å². The predicted molar refractivity (Wildman–Crippen MR) is 116 cm³/mol. The Morgan fingerprint density at radius 1 is 1.07 bits per heavy atom. The van der Waals surface area contributed by atoms with Crippen LogP contribution in [-0.4, -0.2) is 33.7 Å². The molecule has 0 saturated carbocycles. The molecule has 9 heteroatoms. The molecular formula is C20H22N6O2S. The molecule has 0 bridgehead atoms. The number of nitrogen functional groups attached to an aromatic ring is 1. The van der Waals surface area contributed by atoms with Crippen molar-refractivity contribution in [3.63, 3.8) is 0 Å². The van der Waals surface area contributed by atoms with Gasteiger partial charge in [-0.15, -0.1) is 11.8 Å². The highest BCUT2D eigenvalue weighted by Crippen LogP contribution is 2.26. The van der Waals surface area contributed by atoms with Gasteiger partial charge in [-0.25, -0.2) is 0 Å². The second-order valence-electron chi connectivity index (χ2n) is 6.11. The third kappa shape index (κ3) is 5.82. The van der Waals surface area contributed by atoms with E-state index in [1.807, 2.05) is 55.5 Å². The summed E-state index contributed by atoms with van der Waals surface area (Å²) < 4.78 is 5.31. The number of carbonyl (C=O) groups excluding carboxylic acids is 1. The van der Waals surface area contributed by atoms with Crippen molar-refractivity contribution < 1.29 is 9.53 Å². The van der Waals surface area contributed by atoms with Crippen LogP contribution in [0.2, 0.25) is 0 Å². The van der Waals surface area contributed by atoms with Crippen LogP contribution < -0.4 is 21.1 Å². The Morgan fingerprint density at radius 2 is 1.79 bits per heavy atom. The van der Waals surface area contributed by atoms with Gasteiger partial charge in [0.05, 0.1) is 24.3 Å². The normalized spacial score (nSPS) is 10.4. The number of nitrogens with two attached hydrogens (primary N) is 1. The molecule has 4 N–H and O–H groups in total. The monoisotopic (exact) mass is 410 g/mol. The van der Waals surface area contributed by atoms with Crippen molar-refractivity contribution in [3.8, 4) is 5.75 Å². The molecular weight excluding hydrogens is 388 g/mol. The quantitative estimate of drug-likeness (QED) is 0.518. The SMILES string of the molecule is COc1ccccc1Nc1nc(N)nc(CSCC(=O)Nc2ccccc2C)n1. The average molecular weight is 411 g/mol. The molecule has 1 amide bonds. The van der Waals surface area contributed by atoms with E-state index < -0.39 is 0 Å². The third-order valence-corrected chi connectivity index (χ3v) is 4.86. The number of anilines is 4. The summed E-state index contributed by atoms with van der Waals surface area (Å²) in [4.78, 5) is 24.8. The Balaban J connectivity index is 1.59. The van der Waals surface area contributed by atoms with E-state index in [9.17, 15) is 4.79 Å². The molecule has 2 aromatic carbocycles. The summed E-state index contributed by atoms with van der Waals surface area (Å²) >= 11 is 1.40. The van der Waals surface area contributed by atoms with E-state index in [2.05, 4.69) is 25.6 Å². The first kappa shape index (κ1) is 20.4. The molecule has 0 fully saturated rings. The maximum atomic E-state index is 12.2. The van der Waals surface area contributed by atoms with E-state index in [-0.39, 0.29) is 17.6 Å². The van der Waals surface area contributed by atoms with Gasteiger partial charge < -0.3 is 21.1 Å². The number of aromatic nitrogens is 3. The molecule has 3 rings (SSSR count). The van der Waals surface area contributed by atoms with Crippen LogP contribution in [0.5, 0.6) is 5.75 Å². The Hall–Kier alpha value is -3.33. The number of ether oxygens (including phenoxy) is 1. The van der Waals surface area contributed by atoms with Crippen molar-refractivity contribution in [3.05, 3.63) is 59.9 Å². The van der Waals surface area contributed by atoms with Crippen molar-refractivity contribution in [2.75, 3.05) is 29.2 Å². The number of para-hydroxylation sites is 3. The fourth-order valence-electron chi connectivity index (χ4n) is 2.56. The number of nitrogens with zero attached hydrogens (tertiary/aromatic N) is 3. The first-order valence-corrected chi connectivity index (χ1v) is 10.0. The fourth-order valence-corrected chi connectivity index (χ4v) is 3.23. The zero-order chi connectivity index (χ0) is 20.6. The Morgan fingerprint density at radius 3 is 2.55 bits per heavy atom. The molecule has 29 heavy (non-hydrogen) atoms. The minimum atomic E-state index is -0.0845. The van der Waals surface area contributed by atoms with E-state index in [0.29, 0.717) is 23.3 Å². The summed E-state index contributed by atoms with van der Waals surface area (Å²) in [7, 11) is 1.59. The summed E-state index contributed by atoms with van der Waals surface area (Å²) in [5.74, 6) is 2.20. The number of nitrogens with one attached hydrogen (secondary N) is 2. The van der Waals surface area contributed by atoms with Gasteiger partial charge in [0.1, 0.15) is 11.6 Å². The zero-order valence-electron chi connectivity index (χ0n) is 16.2. The van der Waals surface area contributed by atoms with Crippen LogP contribution in [-0.2, 0) is 10.5 Å². The third-order valence-electron chi connectivity index (χ3n) is 3.94. The highest BCUT2D eigenvalue weighted by atomic mass is 32.2. The number of benzene rings is 2. The van der Waals surface area contributed by atoms with Gasteiger partial charge >= 0.3 is 0 Å². The van der Waals surface area contributed by atoms with Crippen LogP contribution in [0.15, 0.2) is 48.5 Å². The number of methoxy groups -OCH3 is 1. The molecule has 0 saturated heterocycles. The second kappa shape index (κ2) is 9.74. The molecule has 0 radical (unpaired) electrons. The number of amides is 1. The number of hydrogen-bond donors (Lipinski definition) is 3. The highest BCUT2D eigenvalue weighted by Gasteiger charge is 2.10. The molecule has 150 valence electrons. The smallest absolute Gasteiger partial charge is 0.234 e. The molecule has 1 heterocycles. The lowest BCUT2D eigenvalue weighted by Crippen LogP contribution is -2.15. The van der Waals surface area contributed by atoms with Crippen LogP contribution in [0.4, 0.5) is 23.3 Å². The van der Waals surface area contributed by atoms with Crippen molar-refractivity contribution >= 4 is 40.9 Å². The van der Waals surface area contributed by atoms with E-state index in [1.54, 1.807) is 7.11 Å². The van der Waals surface area contributed by atoms with Gasteiger partial charge in [0, 0.05) is 5.69 Å². The van der Waals surface area contributed by atoms with Crippen molar-refractivity contribution in [1.82, 2.24) is 15.0 Å². The summed E-state index contributed by atoms with van der Waals surface area (Å²) in [6, 6.07) is 15.1. The van der Waals surface area contributed by atoms with Gasteiger partial charge in [0.25, 0.3) is 0 Å². The minimum absolute atomic E-state index is 0.0845. The molecule has 0 aliphatic heterocycles. The van der Waals surface area contributed by atoms with E-state index in [4.69, 9.17) is 10.5 Å². The Bertz CT molecular complexity index is 998. The van der Waals surface area contributed by atoms with E-state index in [1.165, 1.54) is 11.8 Å². The zero-order valence-corrected chi connectivity index (χ0v) is 17.0. The van der Waals surface area contributed by atoms with E-state index >= 15 is 0 Å². The number of rotatable bonds is 8. The van der Waals surface area contributed by atoms with Crippen LogP contribution in [0, 0.1) is 6.92 Å². The maximum Gasteiger partial charge on any atom is 0.234 e. The van der Waals surface area contributed by atoms with Gasteiger partial charge in [0.2, 0.25) is 17.8 Å². The first-order chi connectivity index (χ1) is 14.0. The standard InChI is InChI=1S/C20H22N6O2S/c1-13-7-3-4-8-14(13)22-18(27)12-29-11-17-24-19(21)26-20(25-17)23-15-9-5-6-10-16(15)28-2/h3-10H,11-12H2,1-2H3,(H,22,27)(H3,21,23,24,25,26). The van der Waals surface area contributed by atoms with Crippen LogP contribution in [0.3, 0.4) is 0 Å². The molecule has 3 aromatic rings. The van der Waals surface area contributed by atoms with Gasteiger partial charge in [-0.2, -0.15) is 15.0 Å². The van der Waals surface area contributed by atoms with Crippen LogP contribution in [0.25, 0.3) is 0 Å². The molecule has 0 atom stereocenters. The molecule has 0 unspecified atom stereocenters. The number of aryl methyl sites for hydroxylation is 1. The van der Waals surface area contributed by atoms with Crippen LogP contribution >= 0.6 is 11.8 Å². The molecule has 0 aliphatic rings. The van der Waals surface area contributed by atoms with Gasteiger partial charge in [-0.1, -0.05) is 30.3 Å². The highest BCUT2D eigenvalue weighted by molar-refractivity contribution is 7.99. The summed E-state index contributed by atoms with van der Waals surface area (Å²) in [6.45, 7) is 1.95. The van der Waals surface area contributed by atoms with Gasteiger partial charge in [-0.05, 0) is 30.7 Å². The van der Waals surface area contributed by atoms with Crippen molar-refractivity contribution in [2.24, 2.45) is 0 Å². The summed E-state index contributed by atoms with van der Waals surface area (Å²) in [6.07, 6.45) is 0. The number of thioether (sulfide) groups is 1. The predicted octanol–water partition coefficient (Wildman–Crippen LogP) is 3.39. The number of hydrogen-bond acceptors (Lipinski definition) is 8. The largest absolute Gasteiger partial charge is 0.495 e. The maximum absolute atomic E-state index is 12.2. The summed E-state index contributed by atoms with van der Waals surface area (Å²) in [5, 5.41) is 5.99. The fraction of sp³-hybridized carbons (Fsp3) is 0.200. The summed E-state index contributed by atoms with van der Waals surface area (Å²) in [5.41, 5.74) is 8.36. The molecule has 1 aromatic heterocycles. The Kier molecular flexibility index (Phi) is 6.85. The lowest BCUT2D eigenvalue weighted by molar-refractivity contribution is -0.113. The molecule has 8 nitrogen and oxygen atoms in total. The number of carbonyl (C=O) groups is 1. The van der Waals surface area contributed by atoms with Gasteiger partial charge in [0.15, 0.2) is 0 Å². The molecule has 0 aliphatic carbocycles. The van der Waals surface area contributed by atoms with E-state index in [0.717, 1.165) is 16.9 Å². The Labute approximate surface area is 173 Å². The van der Waals surface area contributed by atoms with Crippen LogP contribution in [0.1, 0.15) is 11.4 Å². The average Bonchev–Trinajstić information content (AvgIpc) is 2.70. The van der Waals surface area contributed by atoms with Crippen molar-refractivity contribution in [2.45, 2.75) is 12.7 Å². The topological polar surface area (TPSA) is 115 Å². The minimum Gasteiger partial charge on any atom is -0.495 e. The van der Waals surface area contributed by atoms with Gasteiger partial charge in [-0.3, -0.25) is 4.79 Å². The molecule has 0 spiro atoms. The second-order valence-corrected chi connectivity index (χ2v) is 7.10. The lowest BCUT2D eigenvalue weighted by atomic mass is 10.2. The lowest BCUT2D eigenvalue weighted by Gasteiger charge is -2.11. The first-order valence-electron chi connectivity index (χ1n) is 8.89.